The van der Waals surface area contributed by atoms with Crippen LogP contribution in [0.2, 0.25) is 0 Å². The molecule has 0 amide bonds. The van der Waals surface area contributed by atoms with E-state index in [2.05, 4.69) is 86.0 Å². The van der Waals surface area contributed by atoms with Crippen molar-refractivity contribution in [3.05, 3.63) is 144 Å². The molecule has 0 aromatic heterocycles. The van der Waals surface area contributed by atoms with Crippen molar-refractivity contribution in [2.24, 2.45) is 0 Å². The van der Waals surface area contributed by atoms with E-state index in [0.29, 0.717) is 5.75 Å². The molecule has 42 heavy (non-hydrogen) atoms. The van der Waals surface area contributed by atoms with E-state index >= 15 is 0 Å². The summed E-state index contributed by atoms with van der Waals surface area (Å²) in [6.07, 6.45) is 2.27. The van der Waals surface area contributed by atoms with Crippen molar-refractivity contribution in [3.63, 3.8) is 0 Å². The van der Waals surface area contributed by atoms with Crippen LogP contribution in [0.3, 0.4) is 0 Å². The average Bonchev–Trinajstić information content (AvgIpc) is 3.33. The highest BCUT2D eigenvalue weighted by Gasteiger charge is 2.46. The molecule has 0 spiro atoms. The van der Waals surface area contributed by atoms with Crippen LogP contribution < -0.4 is 9.47 Å². The minimum Gasteiger partial charge on any atom is -0.490 e. The Kier molecular flexibility index (Phi) is 8.53. The molecule has 1 aliphatic carbocycles. The Bertz CT molecular complexity index is 1570. The third-order valence-electron chi connectivity index (χ3n) is 7.36. The molecule has 0 heterocycles. The smallest absolute Gasteiger partial charge is 0.330 e. The molecule has 0 saturated carbocycles. The van der Waals surface area contributed by atoms with Gasteiger partial charge < -0.3 is 18.9 Å². The van der Waals surface area contributed by atoms with E-state index < -0.39 is 17.4 Å². The normalized spacial score (nSPS) is 12.4. The van der Waals surface area contributed by atoms with Crippen molar-refractivity contribution in [1.29, 1.82) is 0 Å². The van der Waals surface area contributed by atoms with Crippen molar-refractivity contribution in [1.82, 2.24) is 0 Å². The predicted molar refractivity (Wildman–Crippen MR) is 162 cm³/mol. The van der Waals surface area contributed by atoms with Gasteiger partial charge in [0.2, 0.25) is 0 Å². The average molecular weight is 561 g/mol. The first-order valence-electron chi connectivity index (χ1n) is 13.7. The van der Waals surface area contributed by atoms with E-state index in [1.54, 1.807) is 0 Å². The molecular formula is C36H32O6. The maximum absolute atomic E-state index is 11.4. The van der Waals surface area contributed by atoms with Crippen LogP contribution in [0.5, 0.6) is 11.5 Å². The summed E-state index contributed by atoms with van der Waals surface area (Å²) in [7, 11) is 0. The molecule has 0 bridgehead atoms. The molecule has 1 aliphatic rings. The van der Waals surface area contributed by atoms with Gasteiger partial charge in [-0.1, -0.05) is 86.0 Å². The van der Waals surface area contributed by atoms with Crippen LogP contribution in [-0.2, 0) is 24.5 Å². The van der Waals surface area contributed by atoms with Crippen LogP contribution in [0, 0.1) is 6.92 Å². The highest BCUT2D eigenvalue weighted by atomic mass is 16.6. The van der Waals surface area contributed by atoms with Gasteiger partial charge in [-0.2, -0.15) is 0 Å². The molecule has 0 radical (unpaired) electrons. The molecule has 6 heteroatoms. The van der Waals surface area contributed by atoms with Gasteiger partial charge in [0.25, 0.3) is 0 Å². The van der Waals surface area contributed by atoms with Crippen LogP contribution in [0.1, 0.15) is 27.8 Å². The summed E-state index contributed by atoms with van der Waals surface area (Å²) in [5.74, 6) is 0.459. The summed E-state index contributed by atoms with van der Waals surface area (Å²) in [5.41, 5.74) is 7.37. The zero-order valence-electron chi connectivity index (χ0n) is 23.5. The number of hydrogen-bond acceptors (Lipinski definition) is 6. The summed E-state index contributed by atoms with van der Waals surface area (Å²) in [5, 5.41) is 0. The maximum Gasteiger partial charge on any atom is 0.330 e. The van der Waals surface area contributed by atoms with Gasteiger partial charge in [0.15, 0.2) is 0 Å². The second kappa shape index (κ2) is 12.6. The maximum atomic E-state index is 11.4. The van der Waals surface area contributed by atoms with Crippen molar-refractivity contribution >= 4 is 11.9 Å². The Labute approximate surface area is 245 Å². The Morgan fingerprint density at radius 3 is 1.74 bits per heavy atom. The third-order valence-corrected chi connectivity index (χ3v) is 7.36. The number of carbonyl (C=O) groups excluding carboxylic acids is 2. The Hall–Kier alpha value is -5.10. The fraction of sp³-hybridized carbons (Fsp3) is 0.167. The summed E-state index contributed by atoms with van der Waals surface area (Å²) < 4.78 is 21.8. The van der Waals surface area contributed by atoms with Crippen LogP contribution in [0.25, 0.3) is 11.1 Å². The summed E-state index contributed by atoms with van der Waals surface area (Å²) in [6, 6.07) is 31.4. The molecular weight excluding hydrogens is 528 g/mol. The predicted octanol–water partition coefficient (Wildman–Crippen LogP) is 6.57. The first-order valence-corrected chi connectivity index (χ1v) is 13.7. The Morgan fingerprint density at radius 2 is 1.19 bits per heavy atom. The van der Waals surface area contributed by atoms with Crippen molar-refractivity contribution in [2.45, 2.75) is 12.3 Å². The number of benzene rings is 4. The lowest BCUT2D eigenvalue weighted by Gasteiger charge is -2.34. The Balaban J connectivity index is 1.52. The SMILES string of the molecule is C=CC(=O)OCCOc1ccc(C2(c3ccc(OCCOC(=O)C=C)c(C)c3)c3ccccc3-c3ccccc32)cc1. The summed E-state index contributed by atoms with van der Waals surface area (Å²) in [6.45, 7) is 9.59. The number of carbonyl (C=O) groups is 2. The van der Waals surface area contributed by atoms with Gasteiger partial charge in [-0.25, -0.2) is 9.59 Å². The van der Waals surface area contributed by atoms with Gasteiger partial charge in [-0.3, -0.25) is 0 Å². The second-order valence-electron chi connectivity index (χ2n) is 9.79. The van der Waals surface area contributed by atoms with Crippen molar-refractivity contribution in [2.75, 3.05) is 26.4 Å². The molecule has 0 unspecified atom stereocenters. The zero-order valence-corrected chi connectivity index (χ0v) is 23.5. The van der Waals surface area contributed by atoms with Gasteiger partial charge >= 0.3 is 11.9 Å². The quantitative estimate of drug-likeness (QED) is 0.0976. The van der Waals surface area contributed by atoms with E-state index in [0.717, 1.165) is 34.6 Å². The minimum atomic E-state index is -0.575. The molecule has 0 aliphatic heterocycles. The van der Waals surface area contributed by atoms with Crippen LogP contribution in [0.15, 0.2) is 116 Å². The lowest BCUT2D eigenvalue weighted by Crippen LogP contribution is -2.28. The Morgan fingerprint density at radius 1 is 0.667 bits per heavy atom. The van der Waals surface area contributed by atoms with E-state index in [-0.39, 0.29) is 26.4 Å². The number of rotatable bonds is 12. The van der Waals surface area contributed by atoms with Crippen LogP contribution in [-0.4, -0.2) is 38.4 Å². The van der Waals surface area contributed by atoms with E-state index in [1.807, 2.05) is 25.1 Å². The molecule has 0 fully saturated rings. The molecule has 4 aromatic carbocycles. The fourth-order valence-corrected chi connectivity index (χ4v) is 5.58. The van der Waals surface area contributed by atoms with Gasteiger partial charge in [-0.05, 0) is 64.1 Å². The van der Waals surface area contributed by atoms with Crippen LogP contribution in [0.4, 0.5) is 0 Å². The third kappa shape index (κ3) is 5.44. The molecule has 0 saturated heterocycles. The molecule has 4 aromatic rings. The van der Waals surface area contributed by atoms with Crippen molar-refractivity contribution in [3.8, 4) is 22.6 Å². The van der Waals surface area contributed by atoms with Crippen LogP contribution >= 0.6 is 0 Å². The first kappa shape index (κ1) is 28.4. The van der Waals surface area contributed by atoms with Gasteiger partial charge in [-0.15, -0.1) is 0 Å². The molecule has 212 valence electrons. The largest absolute Gasteiger partial charge is 0.490 e. The number of esters is 2. The van der Waals surface area contributed by atoms with E-state index in [4.69, 9.17) is 18.9 Å². The van der Waals surface area contributed by atoms with E-state index in [1.165, 1.54) is 22.3 Å². The summed E-state index contributed by atoms with van der Waals surface area (Å²) >= 11 is 0. The zero-order chi connectivity index (χ0) is 29.5. The number of fused-ring (bicyclic) bond motifs is 3. The summed E-state index contributed by atoms with van der Waals surface area (Å²) in [4.78, 5) is 22.7. The van der Waals surface area contributed by atoms with Crippen molar-refractivity contribution < 1.29 is 28.5 Å². The van der Waals surface area contributed by atoms with Gasteiger partial charge in [0.05, 0.1) is 5.41 Å². The number of hydrogen-bond donors (Lipinski definition) is 0. The first-order chi connectivity index (χ1) is 20.5. The minimum absolute atomic E-state index is 0.141. The molecule has 0 N–H and O–H groups in total. The number of ether oxygens (including phenoxy) is 4. The van der Waals surface area contributed by atoms with E-state index in [9.17, 15) is 9.59 Å². The standard InChI is InChI=1S/C36H32O6/c1-4-34(37)41-22-20-39-28-17-14-26(15-18-28)36(31-12-8-6-10-29(31)30-11-7-9-13-32(30)36)27-16-19-33(25(3)24-27)40-21-23-42-35(38)5-2/h4-19,24H,1-2,20-23H2,3H3. The van der Waals surface area contributed by atoms with Gasteiger partial charge in [0.1, 0.15) is 37.9 Å². The monoisotopic (exact) mass is 560 g/mol. The second-order valence-corrected chi connectivity index (χ2v) is 9.79. The molecule has 5 rings (SSSR count). The lowest BCUT2D eigenvalue weighted by molar-refractivity contribution is -0.139. The molecule has 6 nitrogen and oxygen atoms in total. The lowest BCUT2D eigenvalue weighted by atomic mass is 9.67. The topological polar surface area (TPSA) is 71.1 Å². The highest BCUT2D eigenvalue weighted by molar-refractivity contribution is 5.86. The molecule has 0 atom stereocenters. The fourth-order valence-electron chi connectivity index (χ4n) is 5.58. The van der Waals surface area contributed by atoms with Gasteiger partial charge in [0, 0.05) is 12.2 Å². The number of aryl methyl sites for hydroxylation is 1. The highest BCUT2D eigenvalue weighted by Crippen LogP contribution is 2.56.